The Kier molecular flexibility index (Phi) is 5.40. The minimum atomic E-state index is -0.144. The maximum Gasteiger partial charge on any atom is 0.236 e. The van der Waals surface area contributed by atoms with Crippen molar-refractivity contribution in [3.05, 3.63) is 18.1 Å². The van der Waals surface area contributed by atoms with Gasteiger partial charge in [-0.05, 0) is 19.3 Å². The summed E-state index contributed by atoms with van der Waals surface area (Å²) in [4.78, 5) is 25.3. The normalized spacial score (nSPS) is 22.8. The summed E-state index contributed by atoms with van der Waals surface area (Å²) in [5.74, 6) is 0.972. The van der Waals surface area contributed by atoms with Gasteiger partial charge in [-0.25, -0.2) is 4.98 Å². The van der Waals surface area contributed by atoms with E-state index in [4.69, 9.17) is 4.74 Å². The fraction of sp³-hybridized carbons (Fsp3) is 0.688. The van der Waals surface area contributed by atoms with Gasteiger partial charge in [-0.3, -0.25) is 14.7 Å². The molecule has 2 aliphatic heterocycles. The molecule has 0 saturated carbocycles. The minimum absolute atomic E-state index is 0.144. The number of carbonyl (C=O) groups excluding carboxylic acids is 1. The summed E-state index contributed by atoms with van der Waals surface area (Å²) in [6.07, 6.45) is 6.69. The van der Waals surface area contributed by atoms with Crippen molar-refractivity contribution in [1.29, 1.82) is 0 Å². The molecule has 1 aromatic rings. The summed E-state index contributed by atoms with van der Waals surface area (Å²) in [5, 5.41) is 3.05. The van der Waals surface area contributed by atoms with Gasteiger partial charge in [0.25, 0.3) is 0 Å². The van der Waals surface area contributed by atoms with Crippen molar-refractivity contribution in [2.45, 2.75) is 25.4 Å². The highest BCUT2D eigenvalue weighted by Gasteiger charge is 2.28. The molecular weight excluding hydrogens is 294 g/mol. The van der Waals surface area contributed by atoms with Crippen LogP contribution >= 0.6 is 0 Å². The third-order valence-corrected chi connectivity index (χ3v) is 4.49. The highest BCUT2D eigenvalue weighted by Crippen LogP contribution is 2.25. The molecule has 1 aromatic heterocycles. The van der Waals surface area contributed by atoms with Crippen molar-refractivity contribution < 1.29 is 9.53 Å². The molecule has 2 aliphatic rings. The highest BCUT2D eigenvalue weighted by atomic mass is 16.5. The van der Waals surface area contributed by atoms with Gasteiger partial charge in [0.15, 0.2) is 0 Å². The molecule has 3 rings (SSSR count). The van der Waals surface area contributed by atoms with E-state index in [1.54, 1.807) is 12.4 Å². The van der Waals surface area contributed by atoms with Crippen molar-refractivity contribution >= 4 is 11.7 Å². The van der Waals surface area contributed by atoms with Crippen molar-refractivity contribution in [2.75, 3.05) is 51.7 Å². The van der Waals surface area contributed by atoms with E-state index in [1.165, 1.54) is 6.42 Å². The Morgan fingerprint density at radius 1 is 1.26 bits per heavy atom. The van der Waals surface area contributed by atoms with Crippen LogP contribution < -0.4 is 5.32 Å². The molecule has 23 heavy (non-hydrogen) atoms. The zero-order valence-electron chi connectivity index (χ0n) is 13.7. The fourth-order valence-electron chi connectivity index (χ4n) is 3.22. The Bertz CT molecular complexity index is 533. The predicted molar refractivity (Wildman–Crippen MR) is 87.1 cm³/mol. The smallest absolute Gasteiger partial charge is 0.236 e. The summed E-state index contributed by atoms with van der Waals surface area (Å²) in [6.45, 7) is 4.34. The second-order valence-electron chi connectivity index (χ2n) is 6.08. The molecule has 1 N–H and O–H groups in total. The number of aromatic nitrogens is 2. The molecule has 1 atom stereocenters. The van der Waals surface area contributed by atoms with Gasteiger partial charge in [0.2, 0.25) is 5.91 Å². The average Bonchev–Trinajstić information content (AvgIpc) is 2.62. The molecule has 1 amide bonds. The first-order chi connectivity index (χ1) is 11.3. The molecule has 0 spiro atoms. The van der Waals surface area contributed by atoms with Crippen LogP contribution in [0.2, 0.25) is 0 Å². The van der Waals surface area contributed by atoms with E-state index in [0.717, 1.165) is 44.0 Å². The van der Waals surface area contributed by atoms with E-state index in [9.17, 15) is 4.79 Å². The topological polar surface area (TPSA) is 70.6 Å². The second kappa shape index (κ2) is 7.70. The molecule has 0 unspecified atom stereocenters. The van der Waals surface area contributed by atoms with Crippen molar-refractivity contribution in [3.8, 4) is 0 Å². The van der Waals surface area contributed by atoms with E-state index >= 15 is 0 Å². The number of ether oxygens (including phenoxy) is 1. The van der Waals surface area contributed by atoms with Gasteiger partial charge >= 0.3 is 0 Å². The highest BCUT2D eigenvalue weighted by molar-refractivity contribution is 5.78. The van der Waals surface area contributed by atoms with Crippen molar-refractivity contribution in [1.82, 2.24) is 19.8 Å². The van der Waals surface area contributed by atoms with Crippen LogP contribution in [0.3, 0.4) is 0 Å². The summed E-state index contributed by atoms with van der Waals surface area (Å²) >= 11 is 0. The first-order valence-electron chi connectivity index (χ1n) is 8.38. The Balaban J connectivity index is 1.60. The fourth-order valence-corrected chi connectivity index (χ4v) is 3.22. The number of carbonyl (C=O) groups is 1. The number of morpholine rings is 1. The van der Waals surface area contributed by atoms with Gasteiger partial charge in [-0.15, -0.1) is 0 Å². The standard InChI is InChI=1S/C16H25N5O2/c1-17-16-15(18-5-6-19-16)13-11-20(9-10-23-13)12-14(22)21-7-3-2-4-8-21/h5-6,13H,2-4,7-12H2,1H3,(H,17,19)/t13-/m1/s1. The third-order valence-electron chi connectivity index (χ3n) is 4.49. The molecule has 0 radical (unpaired) electrons. The molecule has 126 valence electrons. The minimum Gasteiger partial charge on any atom is -0.372 e. The predicted octanol–water partition coefficient (Wildman–Crippen LogP) is 0.904. The average molecular weight is 319 g/mol. The molecule has 2 saturated heterocycles. The maximum atomic E-state index is 12.4. The first kappa shape index (κ1) is 16.1. The molecule has 7 heteroatoms. The van der Waals surface area contributed by atoms with E-state index in [1.807, 2.05) is 11.9 Å². The van der Waals surface area contributed by atoms with Crippen LogP contribution in [0.5, 0.6) is 0 Å². The number of likely N-dealkylation sites (tertiary alicyclic amines) is 1. The van der Waals surface area contributed by atoms with E-state index < -0.39 is 0 Å². The Morgan fingerprint density at radius 2 is 2.04 bits per heavy atom. The lowest BCUT2D eigenvalue weighted by atomic mass is 10.1. The van der Waals surface area contributed by atoms with Gasteiger partial charge in [0.05, 0.1) is 13.2 Å². The van der Waals surface area contributed by atoms with Gasteiger partial charge in [-0.2, -0.15) is 0 Å². The third kappa shape index (κ3) is 3.97. The zero-order valence-corrected chi connectivity index (χ0v) is 13.7. The molecule has 3 heterocycles. The Labute approximate surface area is 137 Å². The van der Waals surface area contributed by atoms with Crippen LogP contribution in [-0.4, -0.2) is 72.1 Å². The van der Waals surface area contributed by atoms with Crippen molar-refractivity contribution in [2.24, 2.45) is 0 Å². The lowest BCUT2D eigenvalue weighted by molar-refractivity contribution is -0.135. The molecule has 0 aromatic carbocycles. The molecule has 7 nitrogen and oxygen atoms in total. The number of amides is 1. The van der Waals surface area contributed by atoms with E-state index in [-0.39, 0.29) is 12.0 Å². The van der Waals surface area contributed by atoms with Crippen molar-refractivity contribution in [3.63, 3.8) is 0 Å². The van der Waals surface area contributed by atoms with E-state index in [2.05, 4.69) is 20.2 Å². The molecule has 0 aliphatic carbocycles. The molecule has 2 fully saturated rings. The number of hydrogen-bond acceptors (Lipinski definition) is 6. The Morgan fingerprint density at radius 3 is 2.83 bits per heavy atom. The first-order valence-corrected chi connectivity index (χ1v) is 8.38. The largest absolute Gasteiger partial charge is 0.372 e. The number of piperidine rings is 1. The quantitative estimate of drug-likeness (QED) is 0.889. The molecule has 0 bridgehead atoms. The van der Waals surface area contributed by atoms with Crippen LogP contribution in [-0.2, 0) is 9.53 Å². The summed E-state index contributed by atoms with van der Waals surface area (Å²) in [6, 6.07) is 0. The maximum absolute atomic E-state index is 12.4. The number of anilines is 1. The van der Waals surface area contributed by atoms with Crippen LogP contribution in [0.1, 0.15) is 31.1 Å². The monoisotopic (exact) mass is 319 g/mol. The molecular formula is C16H25N5O2. The number of nitrogens with one attached hydrogen (secondary N) is 1. The SMILES string of the molecule is CNc1nccnc1[C@H]1CN(CC(=O)N2CCCCC2)CCO1. The lowest BCUT2D eigenvalue weighted by Gasteiger charge is -2.34. The van der Waals surface area contributed by atoms with Crippen LogP contribution in [0, 0.1) is 0 Å². The summed E-state index contributed by atoms with van der Waals surface area (Å²) in [5.41, 5.74) is 0.810. The number of hydrogen-bond donors (Lipinski definition) is 1. The van der Waals surface area contributed by atoms with Gasteiger partial charge in [-0.1, -0.05) is 0 Å². The zero-order chi connectivity index (χ0) is 16.1. The summed E-state index contributed by atoms with van der Waals surface area (Å²) in [7, 11) is 1.83. The summed E-state index contributed by atoms with van der Waals surface area (Å²) < 4.78 is 5.85. The number of nitrogens with zero attached hydrogens (tertiary/aromatic N) is 4. The Hall–Kier alpha value is -1.73. The van der Waals surface area contributed by atoms with Crippen LogP contribution in [0.25, 0.3) is 0 Å². The van der Waals surface area contributed by atoms with Gasteiger partial charge in [0.1, 0.15) is 17.6 Å². The van der Waals surface area contributed by atoms with Crippen LogP contribution in [0.4, 0.5) is 5.82 Å². The van der Waals surface area contributed by atoms with Gasteiger partial charge in [0, 0.05) is 45.6 Å². The second-order valence-corrected chi connectivity index (χ2v) is 6.08. The number of rotatable bonds is 4. The van der Waals surface area contributed by atoms with Gasteiger partial charge < -0.3 is 15.0 Å². The lowest BCUT2D eigenvalue weighted by Crippen LogP contribution is -2.47. The van der Waals surface area contributed by atoms with E-state index in [0.29, 0.717) is 19.7 Å². The van der Waals surface area contributed by atoms with Crippen LogP contribution in [0.15, 0.2) is 12.4 Å².